The van der Waals surface area contributed by atoms with E-state index < -0.39 is 6.10 Å². The fraction of sp³-hybridized carbons (Fsp3) is 0.778. The molecule has 0 aromatic heterocycles. The molecule has 2 heteroatoms. The van der Waals surface area contributed by atoms with Crippen molar-refractivity contribution in [3.05, 3.63) is 35.1 Å². The van der Waals surface area contributed by atoms with Crippen LogP contribution in [0.15, 0.2) is 35.1 Å². The Hall–Kier alpha value is -1.02. The average molecular weight is 405 g/mol. The van der Waals surface area contributed by atoms with E-state index in [9.17, 15) is 10.2 Å². The highest BCUT2D eigenvalue weighted by atomic mass is 16.3. The molecule has 0 aromatic rings. The van der Waals surface area contributed by atoms with Crippen molar-refractivity contribution < 1.29 is 10.2 Å². The minimum atomic E-state index is -0.470. The molecule has 0 spiro atoms. The first-order valence-electron chi connectivity index (χ1n) is 12.1. The van der Waals surface area contributed by atoms with Crippen LogP contribution in [0.2, 0.25) is 0 Å². The summed E-state index contributed by atoms with van der Waals surface area (Å²) in [6.45, 7) is 13.6. The summed E-state index contributed by atoms with van der Waals surface area (Å²) in [6.07, 6.45) is 18.0. The molecular weight excluding hydrogens is 356 g/mol. The van der Waals surface area contributed by atoms with Gasteiger partial charge in [0.25, 0.3) is 0 Å². The molecule has 0 aliphatic heterocycles. The maximum absolute atomic E-state index is 10.3. The fourth-order valence-corrected chi connectivity index (χ4v) is 4.36. The fourth-order valence-electron chi connectivity index (χ4n) is 4.36. The van der Waals surface area contributed by atoms with Crippen LogP contribution in [0.4, 0.5) is 0 Å². The van der Waals surface area contributed by atoms with Crippen LogP contribution in [-0.2, 0) is 0 Å². The van der Waals surface area contributed by atoms with Gasteiger partial charge in [0.15, 0.2) is 0 Å². The highest BCUT2D eigenvalue weighted by molar-refractivity contribution is 5.27. The summed E-state index contributed by atoms with van der Waals surface area (Å²) in [5, 5.41) is 20.0. The van der Waals surface area contributed by atoms with Crippen LogP contribution in [0, 0.1) is 23.7 Å². The third-order valence-electron chi connectivity index (χ3n) is 6.51. The van der Waals surface area contributed by atoms with E-state index in [1.807, 2.05) is 6.92 Å². The van der Waals surface area contributed by atoms with Crippen molar-refractivity contribution in [2.75, 3.05) is 0 Å². The van der Waals surface area contributed by atoms with Crippen LogP contribution in [0.3, 0.4) is 0 Å². The maximum atomic E-state index is 10.3. The van der Waals surface area contributed by atoms with Crippen molar-refractivity contribution in [3.63, 3.8) is 0 Å². The summed E-state index contributed by atoms with van der Waals surface area (Å²) < 4.78 is 0. The van der Waals surface area contributed by atoms with Crippen molar-refractivity contribution >= 4 is 0 Å². The molecule has 0 amide bonds. The predicted molar refractivity (Wildman–Crippen MR) is 127 cm³/mol. The molecular formula is C27H48O2. The van der Waals surface area contributed by atoms with E-state index >= 15 is 0 Å². The molecule has 4 atom stereocenters. The molecule has 0 heterocycles. The highest BCUT2D eigenvalue weighted by Crippen LogP contribution is 2.26. The molecule has 0 bridgehead atoms. The Labute approximate surface area is 181 Å². The Bertz CT molecular complexity index is 541. The van der Waals surface area contributed by atoms with Gasteiger partial charge in [0.05, 0.1) is 6.10 Å². The first-order chi connectivity index (χ1) is 13.7. The zero-order valence-electron chi connectivity index (χ0n) is 20.1. The molecule has 1 aliphatic carbocycles. The number of aliphatic hydroxyl groups is 2. The zero-order chi connectivity index (χ0) is 21.8. The number of rotatable bonds is 14. The topological polar surface area (TPSA) is 40.5 Å². The van der Waals surface area contributed by atoms with E-state index in [1.54, 1.807) is 12.2 Å². The first-order valence-corrected chi connectivity index (χ1v) is 12.1. The highest BCUT2D eigenvalue weighted by Gasteiger charge is 2.22. The van der Waals surface area contributed by atoms with E-state index in [4.69, 9.17) is 0 Å². The second kappa shape index (κ2) is 14.1. The Kier molecular flexibility index (Phi) is 12.6. The molecule has 1 rings (SSSR count). The standard InChI is InChI=1S/C27H48O2/c1-20(2)10-7-11-21(3)12-8-13-22(4)14-9-15-23(5)16-17-25-19-26(28)18-24(6)27(25)29/h16,18-22,25,27-29H,7-15,17H2,1-6H3. The van der Waals surface area contributed by atoms with Crippen LogP contribution >= 0.6 is 0 Å². The summed E-state index contributed by atoms with van der Waals surface area (Å²) in [5.41, 5.74) is 2.26. The zero-order valence-corrected chi connectivity index (χ0v) is 20.1. The van der Waals surface area contributed by atoms with Crippen LogP contribution in [0.5, 0.6) is 0 Å². The Morgan fingerprint density at radius 2 is 1.52 bits per heavy atom. The maximum Gasteiger partial charge on any atom is 0.112 e. The average Bonchev–Trinajstić information content (AvgIpc) is 2.63. The van der Waals surface area contributed by atoms with Gasteiger partial charge in [-0.25, -0.2) is 0 Å². The van der Waals surface area contributed by atoms with Crippen molar-refractivity contribution in [2.45, 2.75) is 112 Å². The molecule has 0 saturated carbocycles. The summed E-state index contributed by atoms with van der Waals surface area (Å²) in [7, 11) is 0. The smallest absolute Gasteiger partial charge is 0.112 e. The van der Waals surface area contributed by atoms with Gasteiger partial charge in [-0.2, -0.15) is 0 Å². The Balaban J connectivity index is 2.16. The SMILES string of the molecule is CC(=CCC1C=C(O)C=C(C)C1O)CCCC(C)CCCC(C)CCCC(C)C. The summed E-state index contributed by atoms with van der Waals surface area (Å²) >= 11 is 0. The molecule has 29 heavy (non-hydrogen) atoms. The lowest BCUT2D eigenvalue weighted by molar-refractivity contribution is 0.159. The van der Waals surface area contributed by atoms with Crippen molar-refractivity contribution in [1.82, 2.24) is 0 Å². The van der Waals surface area contributed by atoms with Gasteiger partial charge in [-0.1, -0.05) is 84.3 Å². The number of allylic oxidation sites excluding steroid dienone is 3. The number of aliphatic hydroxyl groups excluding tert-OH is 2. The van der Waals surface area contributed by atoms with Gasteiger partial charge in [-0.05, 0) is 68.6 Å². The minimum Gasteiger partial charge on any atom is -0.508 e. The van der Waals surface area contributed by atoms with Gasteiger partial charge in [0, 0.05) is 5.92 Å². The molecule has 168 valence electrons. The van der Waals surface area contributed by atoms with Gasteiger partial charge >= 0.3 is 0 Å². The van der Waals surface area contributed by atoms with Crippen molar-refractivity contribution in [3.8, 4) is 0 Å². The molecule has 0 saturated heterocycles. The molecule has 0 aromatic carbocycles. The van der Waals surface area contributed by atoms with Crippen LogP contribution in [0.25, 0.3) is 0 Å². The van der Waals surface area contributed by atoms with E-state index in [2.05, 4.69) is 40.7 Å². The quantitative estimate of drug-likeness (QED) is 0.287. The normalized spacial score (nSPS) is 22.4. The minimum absolute atomic E-state index is 0.00333. The number of hydrogen-bond acceptors (Lipinski definition) is 2. The Morgan fingerprint density at radius 1 is 0.966 bits per heavy atom. The molecule has 2 N–H and O–H groups in total. The monoisotopic (exact) mass is 404 g/mol. The summed E-state index contributed by atoms with van der Waals surface area (Å²) in [4.78, 5) is 0. The largest absolute Gasteiger partial charge is 0.508 e. The van der Waals surface area contributed by atoms with Gasteiger partial charge in [-0.3, -0.25) is 0 Å². The van der Waals surface area contributed by atoms with E-state index in [0.29, 0.717) is 0 Å². The first kappa shape index (κ1) is 26.0. The van der Waals surface area contributed by atoms with E-state index in [-0.39, 0.29) is 11.7 Å². The molecule has 4 unspecified atom stereocenters. The van der Waals surface area contributed by atoms with Gasteiger partial charge in [0.2, 0.25) is 0 Å². The van der Waals surface area contributed by atoms with Crippen LogP contribution < -0.4 is 0 Å². The molecule has 0 radical (unpaired) electrons. The lowest BCUT2D eigenvalue weighted by Crippen LogP contribution is -2.22. The molecule has 2 nitrogen and oxygen atoms in total. The Morgan fingerprint density at radius 3 is 2.10 bits per heavy atom. The second-order valence-electron chi connectivity index (χ2n) is 10.2. The van der Waals surface area contributed by atoms with Crippen molar-refractivity contribution in [2.24, 2.45) is 23.7 Å². The van der Waals surface area contributed by atoms with Crippen molar-refractivity contribution in [1.29, 1.82) is 0 Å². The van der Waals surface area contributed by atoms with Gasteiger partial charge < -0.3 is 10.2 Å². The predicted octanol–water partition coefficient (Wildman–Crippen LogP) is 8.14. The lowest BCUT2D eigenvalue weighted by Gasteiger charge is -2.23. The van der Waals surface area contributed by atoms with Crippen LogP contribution in [0.1, 0.15) is 106 Å². The van der Waals surface area contributed by atoms with Gasteiger partial charge in [-0.15, -0.1) is 0 Å². The van der Waals surface area contributed by atoms with Gasteiger partial charge in [0.1, 0.15) is 5.76 Å². The van der Waals surface area contributed by atoms with Crippen LogP contribution in [-0.4, -0.2) is 16.3 Å². The van der Waals surface area contributed by atoms with E-state index in [0.717, 1.165) is 36.2 Å². The second-order valence-corrected chi connectivity index (χ2v) is 10.2. The van der Waals surface area contributed by atoms with E-state index in [1.165, 1.54) is 56.9 Å². The number of hydrogen-bond donors (Lipinski definition) is 2. The summed E-state index contributed by atoms with van der Waals surface area (Å²) in [5.74, 6) is 2.83. The third kappa shape index (κ3) is 11.7. The summed E-state index contributed by atoms with van der Waals surface area (Å²) in [6, 6.07) is 0. The third-order valence-corrected chi connectivity index (χ3v) is 6.51. The molecule has 1 aliphatic rings. The molecule has 0 fully saturated rings. The lowest BCUT2D eigenvalue weighted by atomic mass is 9.87.